The summed E-state index contributed by atoms with van der Waals surface area (Å²) in [6.45, 7) is 0. The number of hydrogen-bond donors (Lipinski definition) is 1. The predicted octanol–water partition coefficient (Wildman–Crippen LogP) is 3.58. The molecule has 1 N–H and O–H groups in total. The Hall–Kier alpha value is -3.87. The van der Waals surface area contributed by atoms with E-state index in [9.17, 15) is 18.8 Å². The van der Waals surface area contributed by atoms with Crippen LogP contribution in [0.25, 0.3) is 10.8 Å². The molecule has 28 heavy (non-hydrogen) atoms. The normalized spacial score (nSPS) is 17.4. The van der Waals surface area contributed by atoms with Crippen molar-refractivity contribution in [2.45, 2.75) is 0 Å². The highest BCUT2D eigenvalue weighted by atomic mass is 19.1. The predicted molar refractivity (Wildman–Crippen MR) is 103 cm³/mol. The molecule has 0 aliphatic carbocycles. The maximum absolute atomic E-state index is 14.1. The molecule has 1 saturated heterocycles. The number of amides is 4. The molecule has 1 heterocycles. The molecule has 0 saturated carbocycles. The number of nitrogens with zero attached hydrogens (tertiary/aromatic N) is 2. The number of aliphatic imine (C=N–C) groups is 1. The summed E-state index contributed by atoms with van der Waals surface area (Å²) < 4.78 is 14.1. The second-order valence-electron chi connectivity index (χ2n) is 6.17. The summed E-state index contributed by atoms with van der Waals surface area (Å²) in [5, 5.41) is 3.89. The molecule has 0 unspecified atom stereocenters. The number of fused-ring (bicyclic) bond motifs is 1. The zero-order valence-electron chi connectivity index (χ0n) is 14.5. The van der Waals surface area contributed by atoms with Gasteiger partial charge in [-0.1, -0.05) is 48.5 Å². The zero-order chi connectivity index (χ0) is 19.7. The summed E-state index contributed by atoms with van der Waals surface area (Å²) >= 11 is 0. The molecule has 0 spiro atoms. The fourth-order valence-electron chi connectivity index (χ4n) is 3.06. The Morgan fingerprint density at radius 2 is 1.64 bits per heavy atom. The maximum atomic E-state index is 14.1. The van der Waals surface area contributed by atoms with Crippen LogP contribution in [0.1, 0.15) is 0 Å². The van der Waals surface area contributed by atoms with Gasteiger partial charge in [0, 0.05) is 11.6 Å². The van der Waals surface area contributed by atoms with Gasteiger partial charge in [-0.3, -0.25) is 19.9 Å². The third-order valence-electron chi connectivity index (χ3n) is 4.42. The van der Waals surface area contributed by atoms with Crippen molar-refractivity contribution in [3.05, 3.63) is 72.5 Å². The molecule has 0 aromatic heterocycles. The van der Waals surface area contributed by atoms with Crippen LogP contribution in [0.2, 0.25) is 0 Å². The quantitative estimate of drug-likeness (QED) is 0.561. The van der Waals surface area contributed by atoms with Gasteiger partial charge in [0.2, 0.25) is 5.91 Å². The first-order valence-electron chi connectivity index (χ1n) is 8.51. The molecule has 4 rings (SSSR count). The Morgan fingerprint density at radius 1 is 0.929 bits per heavy atom. The third kappa shape index (κ3) is 3.03. The number of barbiturate groups is 1. The van der Waals surface area contributed by atoms with Gasteiger partial charge in [-0.25, -0.2) is 14.1 Å². The van der Waals surface area contributed by atoms with E-state index in [2.05, 4.69) is 10.3 Å². The van der Waals surface area contributed by atoms with Crippen LogP contribution in [0.3, 0.4) is 0 Å². The molecule has 1 fully saturated rings. The number of rotatable bonds is 3. The third-order valence-corrected chi connectivity index (χ3v) is 4.42. The van der Waals surface area contributed by atoms with Gasteiger partial charge in [-0.15, -0.1) is 0 Å². The van der Waals surface area contributed by atoms with Crippen molar-refractivity contribution in [3.8, 4) is 0 Å². The monoisotopic (exact) mass is 375 g/mol. The van der Waals surface area contributed by atoms with Crippen molar-refractivity contribution in [1.29, 1.82) is 0 Å². The topological polar surface area (TPSA) is 78.8 Å². The maximum Gasteiger partial charge on any atom is 0.335 e. The lowest BCUT2D eigenvalue weighted by atomic mass is 10.1. The van der Waals surface area contributed by atoms with Crippen LogP contribution < -0.4 is 10.2 Å². The van der Waals surface area contributed by atoms with Crippen molar-refractivity contribution >= 4 is 46.2 Å². The number of carbonyl (C=O) groups excluding carboxylic acids is 3. The lowest BCUT2D eigenvalue weighted by molar-refractivity contribution is -0.131. The molecule has 3 aromatic rings. The van der Waals surface area contributed by atoms with Crippen LogP contribution in [-0.2, 0) is 9.59 Å². The summed E-state index contributed by atoms with van der Waals surface area (Å²) in [6.07, 6.45) is 1.18. The first kappa shape index (κ1) is 17.5. The molecule has 0 radical (unpaired) electrons. The largest absolute Gasteiger partial charge is 0.335 e. The van der Waals surface area contributed by atoms with Crippen LogP contribution in [0.4, 0.5) is 20.6 Å². The highest BCUT2D eigenvalue weighted by Gasteiger charge is 2.41. The van der Waals surface area contributed by atoms with Crippen LogP contribution in [0, 0.1) is 11.7 Å². The summed E-state index contributed by atoms with van der Waals surface area (Å²) in [4.78, 5) is 42.0. The van der Waals surface area contributed by atoms with Gasteiger partial charge >= 0.3 is 6.03 Å². The molecular formula is C21H14FN3O3. The van der Waals surface area contributed by atoms with E-state index < -0.39 is 29.6 Å². The lowest BCUT2D eigenvalue weighted by Gasteiger charge is -2.28. The molecule has 4 amide bonds. The first-order valence-corrected chi connectivity index (χ1v) is 8.51. The first-order chi connectivity index (χ1) is 13.6. The number of carbonyl (C=O) groups is 3. The van der Waals surface area contributed by atoms with Crippen LogP contribution >= 0.6 is 0 Å². The second kappa shape index (κ2) is 7.03. The van der Waals surface area contributed by atoms with Crippen LogP contribution in [0.5, 0.6) is 0 Å². The van der Waals surface area contributed by atoms with Gasteiger partial charge in [0.1, 0.15) is 5.82 Å². The standard InChI is InChI=1S/C21H14FN3O3/c22-16-9-3-4-11-18(16)25-20(27)15(19(26)24-21(25)28)12-23-17-10-5-7-13-6-1-2-8-14(13)17/h1-12,15H,(H,24,26,28)/t15-/m0/s1. The molecule has 3 aromatic carbocycles. The molecule has 6 nitrogen and oxygen atoms in total. The lowest BCUT2D eigenvalue weighted by Crippen LogP contribution is -2.58. The molecule has 1 aliphatic heterocycles. The van der Waals surface area contributed by atoms with E-state index in [4.69, 9.17) is 0 Å². The average Bonchev–Trinajstić information content (AvgIpc) is 2.69. The van der Waals surface area contributed by atoms with E-state index in [0.717, 1.165) is 16.8 Å². The van der Waals surface area contributed by atoms with E-state index >= 15 is 0 Å². The average molecular weight is 375 g/mol. The number of hydrogen-bond acceptors (Lipinski definition) is 4. The molecule has 138 valence electrons. The molecule has 1 aliphatic rings. The number of benzene rings is 3. The Labute approximate surface area is 159 Å². The van der Waals surface area contributed by atoms with E-state index in [1.165, 1.54) is 24.4 Å². The second-order valence-corrected chi connectivity index (χ2v) is 6.17. The van der Waals surface area contributed by atoms with Crippen molar-refractivity contribution < 1.29 is 18.8 Å². The summed E-state index contributed by atoms with van der Waals surface area (Å²) in [5.41, 5.74) is 0.356. The van der Waals surface area contributed by atoms with Crippen molar-refractivity contribution in [3.63, 3.8) is 0 Å². The van der Waals surface area contributed by atoms with Crippen molar-refractivity contribution in [2.24, 2.45) is 10.9 Å². The van der Waals surface area contributed by atoms with Crippen molar-refractivity contribution in [1.82, 2.24) is 5.32 Å². The van der Waals surface area contributed by atoms with Crippen LogP contribution in [0.15, 0.2) is 71.7 Å². The SMILES string of the molecule is O=C1NC(=O)N(c2ccccc2F)C(=O)[C@H]1C=Nc1cccc2ccccc12. The minimum Gasteiger partial charge on any atom is -0.276 e. The van der Waals surface area contributed by atoms with Gasteiger partial charge < -0.3 is 0 Å². The van der Waals surface area contributed by atoms with Gasteiger partial charge in [-0.2, -0.15) is 0 Å². The van der Waals surface area contributed by atoms with Crippen molar-refractivity contribution in [2.75, 3.05) is 4.90 Å². The zero-order valence-corrected chi connectivity index (χ0v) is 14.5. The van der Waals surface area contributed by atoms with E-state index in [1.807, 2.05) is 36.4 Å². The summed E-state index contributed by atoms with van der Waals surface area (Å²) in [7, 11) is 0. The minimum absolute atomic E-state index is 0.221. The number of para-hydroxylation sites is 1. The molecule has 0 bridgehead atoms. The van der Waals surface area contributed by atoms with Gasteiger partial charge in [-0.05, 0) is 23.6 Å². The minimum atomic E-state index is -1.35. The fourth-order valence-corrected chi connectivity index (χ4v) is 3.06. The van der Waals surface area contributed by atoms with E-state index in [-0.39, 0.29) is 5.69 Å². The fraction of sp³-hybridized carbons (Fsp3) is 0.0476. The smallest absolute Gasteiger partial charge is 0.276 e. The number of imide groups is 2. The Balaban J connectivity index is 1.70. The van der Waals surface area contributed by atoms with Crippen LogP contribution in [-0.4, -0.2) is 24.1 Å². The molecule has 1 atom stereocenters. The van der Waals surface area contributed by atoms with E-state index in [0.29, 0.717) is 10.6 Å². The van der Waals surface area contributed by atoms with Gasteiger partial charge in [0.25, 0.3) is 5.91 Å². The van der Waals surface area contributed by atoms with E-state index in [1.54, 1.807) is 6.07 Å². The number of nitrogens with one attached hydrogen (secondary N) is 1. The summed E-state index contributed by atoms with van der Waals surface area (Å²) in [5.74, 6) is -3.75. The van der Waals surface area contributed by atoms with Gasteiger partial charge in [0.05, 0.1) is 11.4 Å². The highest BCUT2D eigenvalue weighted by Crippen LogP contribution is 2.27. The molecular weight excluding hydrogens is 361 g/mol. The summed E-state index contributed by atoms with van der Waals surface area (Å²) in [6, 6.07) is 17.4. The Bertz CT molecular complexity index is 1140. The van der Waals surface area contributed by atoms with Gasteiger partial charge in [0.15, 0.2) is 5.92 Å². The molecule has 7 heteroatoms. The number of halogens is 1. The number of anilines is 1. The Morgan fingerprint density at radius 3 is 2.46 bits per heavy atom. The number of urea groups is 1. The Kier molecular flexibility index (Phi) is 4.41. The highest BCUT2D eigenvalue weighted by molar-refractivity contribution is 6.32.